The zero-order valence-electron chi connectivity index (χ0n) is 16.8. The van der Waals surface area contributed by atoms with Gasteiger partial charge in [-0.05, 0) is 54.8 Å². The monoisotopic (exact) mass is 423 g/mol. The fourth-order valence-corrected chi connectivity index (χ4v) is 3.71. The van der Waals surface area contributed by atoms with Gasteiger partial charge in [-0.3, -0.25) is 4.79 Å². The summed E-state index contributed by atoms with van der Waals surface area (Å²) in [4.78, 5) is 12.3. The maximum atomic E-state index is 13.2. The molecular weight excluding hydrogens is 397 g/mol. The Hall–Kier alpha value is -2.65. The molecule has 0 atom stereocenters. The highest BCUT2D eigenvalue weighted by Gasteiger charge is 2.27. The van der Waals surface area contributed by atoms with Gasteiger partial charge in [-0.25, -0.2) is 8.70 Å². The molecule has 29 heavy (non-hydrogen) atoms. The normalized spacial score (nSPS) is 11.3. The van der Waals surface area contributed by atoms with Crippen LogP contribution in [0.15, 0.2) is 48.5 Å². The lowest BCUT2D eigenvalue weighted by molar-refractivity contribution is -0.119. The van der Waals surface area contributed by atoms with Crippen LogP contribution in [0.5, 0.6) is 5.75 Å². The first-order valence-electron chi connectivity index (χ1n) is 9.09. The number of hydrogen-bond acceptors (Lipinski definition) is 4. The predicted molar refractivity (Wildman–Crippen MR) is 111 cm³/mol. The Morgan fingerprint density at radius 2 is 1.83 bits per heavy atom. The lowest BCUT2D eigenvalue weighted by atomic mass is 10.1. The number of ether oxygens (including phenoxy) is 1. The Balaban J connectivity index is 1.96. The van der Waals surface area contributed by atoms with Crippen LogP contribution in [-0.4, -0.2) is 52.9 Å². The number of nitrogens with one attached hydrogen (secondary N) is 1. The van der Waals surface area contributed by atoms with Crippen molar-refractivity contribution in [1.29, 1.82) is 0 Å². The molecule has 9 heteroatoms. The first-order valence-corrected chi connectivity index (χ1v) is 10.5. The molecule has 0 heterocycles. The number of aryl methyl sites for hydroxylation is 1. The lowest BCUT2D eigenvalue weighted by Crippen LogP contribution is -2.46. The second kappa shape index (κ2) is 10.2. The van der Waals surface area contributed by atoms with Crippen LogP contribution in [0.2, 0.25) is 0 Å². The number of carbonyl (C=O) groups excluding carboxylic acids is 1. The van der Waals surface area contributed by atoms with E-state index >= 15 is 0 Å². The topological polar surface area (TPSA) is 79.0 Å². The summed E-state index contributed by atoms with van der Waals surface area (Å²) in [6.07, 6.45) is 1.44. The van der Waals surface area contributed by atoms with Crippen LogP contribution in [0.4, 0.5) is 10.1 Å². The van der Waals surface area contributed by atoms with E-state index in [0.29, 0.717) is 13.0 Å². The molecule has 0 aromatic heterocycles. The van der Waals surface area contributed by atoms with Crippen molar-refractivity contribution >= 4 is 21.8 Å². The minimum Gasteiger partial charge on any atom is -0.497 e. The third-order valence-corrected chi connectivity index (χ3v) is 6.06. The van der Waals surface area contributed by atoms with Crippen molar-refractivity contribution in [2.24, 2.45) is 0 Å². The molecule has 0 radical (unpaired) electrons. The van der Waals surface area contributed by atoms with Crippen LogP contribution in [0, 0.1) is 5.82 Å². The van der Waals surface area contributed by atoms with E-state index in [4.69, 9.17) is 4.74 Å². The number of rotatable bonds is 10. The van der Waals surface area contributed by atoms with Crippen molar-refractivity contribution in [1.82, 2.24) is 9.62 Å². The van der Waals surface area contributed by atoms with Gasteiger partial charge in [0.15, 0.2) is 0 Å². The Morgan fingerprint density at radius 1 is 1.14 bits per heavy atom. The molecular formula is C20H26FN3O4S. The van der Waals surface area contributed by atoms with E-state index in [0.717, 1.165) is 38.5 Å². The molecule has 2 aromatic carbocycles. The van der Waals surface area contributed by atoms with Crippen molar-refractivity contribution < 1.29 is 22.3 Å². The maximum absolute atomic E-state index is 13.2. The number of halogens is 1. The summed E-state index contributed by atoms with van der Waals surface area (Å²) < 4.78 is 45.5. The van der Waals surface area contributed by atoms with Gasteiger partial charge in [0.25, 0.3) is 0 Å². The second-order valence-corrected chi connectivity index (χ2v) is 8.64. The summed E-state index contributed by atoms with van der Waals surface area (Å²) in [6.45, 7) is 0.000613. The van der Waals surface area contributed by atoms with Crippen LogP contribution in [0.3, 0.4) is 0 Å². The van der Waals surface area contributed by atoms with Crippen molar-refractivity contribution in [3.05, 3.63) is 59.9 Å². The molecule has 0 aliphatic carbocycles. The number of hydrogen-bond donors (Lipinski definition) is 1. The van der Waals surface area contributed by atoms with Gasteiger partial charge in [-0.1, -0.05) is 12.1 Å². The highest BCUT2D eigenvalue weighted by atomic mass is 32.2. The van der Waals surface area contributed by atoms with Crippen molar-refractivity contribution in [3.8, 4) is 5.75 Å². The summed E-state index contributed by atoms with van der Waals surface area (Å²) in [5.74, 6) is -0.154. The largest absolute Gasteiger partial charge is 0.497 e. The van der Waals surface area contributed by atoms with Gasteiger partial charge in [0.1, 0.15) is 18.1 Å². The summed E-state index contributed by atoms with van der Waals surface area (Å²) >= 11 is 0. The van der Waals surface area contributed by atoms with Crippen molar-refractivity contribution in [2.45, 2.75) is 12.8 Å². The van der Waals surface area contributed by atoms with Crippen LogP contribution in [0.1, 0.15) is 12.0 Å². The van der Waals surface area contributed by atoms with Crippen molar-refractivity contribution in [2.75, 3.05) is 38.6 Å². The second-order valence-electron chi connectivity index (χ2n) is 6.58. The third-order valence-electron chi connectivity index (χ3n) is 4.24. The summed E-state index contributed by atoms with van der Waals surface area (Å²) in [6, 6.07) is 12.6. The molecule has 0 spiro atoms. The average molecular weight is 424 g/mol. The minimum atomic E-state index is -3.91. The summed E-state index contributed by atoms with van der Waals surface area (Å²) in [5.41, 5.74) is 1.30. The summed E-state index contributed by atoms with van der Waals surface area (Å²) in [7, 11) is 0.439. The van der Waals surface area contributed by atoms with E-state index < -0.39 is 28.5 Å². The fourth-order valence-electron chi connectivity index (χ4n) is 2.65. The zero-order chi connectivity index (χ0) is 21.4. The molecule has 0 bridgehead atoms. The Morgan fingerprint density at radius 3 is 2.45 bits per heavy atom. The zero-order valence-corrected chi connectivity index (χ0v) is 17.6. The van der Waals surface area contributed by atoms with E-state index in [1.54, 1.807) is 7.11 Å². The van der Waals surface area contributed by atoms with E-state index in [9.17, 15) is 17.6 Å². The van der Waals surface area contributed by atoms with Gasteiger partial charge >= 0.3 is 10.2 Å². The molecule has 7 nitrogen and oxygen atoms in total. The molecule has 0 fully saturated rings. The van der Waals surface area contributed by atoms with Crippen LogP contribution in [0.25, 0.3) is 0 Å². The number of methoxy groups -OCH3 is 1. The van der Waals surface area contributed by atoms with Gasteiger partial charge in [0, 0.05) is 20.6 Å². The fraction of sp³-hybridized carbons (Fsp3) is 0.350. The third kappa shape index (κ3) is 6.43. The van der Waals surface area contributed by atoms with Gasteiger partial charge < -0.3 is 10.1 Å². The first-order chi connectivity index (χ1) is 13.7. The van der Waals surface area contributed by atoms with Gasteiger partial charge in [0.2, 0.25) is 5.91 Å². The highest BCUT2D eigenvalue weighted by molar-refractivity contribution is 7.90. The number of amides is 1. The standard InChI is InChI=1S/C20H26FN3O4S/c1-23(2)29(26,27)24(18-11-9-17(21)10-12-18)15-20(25)22-13-5-7-16-6-4-8-19(14-16)28-3/h4,6,8-12,14H,5,7,13,15H2,1-3H3,(H,22,25). The molecule has 2 aromatic rings. The van der Waals surface area contributed by atoms with Crippen molar-refractivity contribution in [3.63, 3.8) is 0 Å². The molecule has 1 amide bonds. The molecule has 0 saturated heterocycles. The molecule has 0 aliphatic rings. The summed E-state index contributed by atoms with van der Waals surface area (Å²) in [5, 5.41) is 2.74. The van der Waals surface area contributed by atoms with E-state index in [1.807, 2.05) is 24.3 Å². The molecule has 2 rings (SSSR count). The van der Waals surface area contributed by atoms with E-state index in [1.165, 1.54) is 26.2 Å². The molecule has 1 N–H and O–H groups in total. The molecule has 0 saturated carbocycles. The Kier molecular flexibility index (Phi) is 7.98. The molecule has 0 unspecified atom stereocenters. The van der Waals surface area contributed by atoms with Crippen LogP contribution in [-0.2, 0) is 21.4 Å². The maximum Gasteiger partial charge on any atom is 0.304 e. The molecule has 158 valence electrons. The number of carbonyl (C=O) groups is 1. The Labute approximate surface area is 171 Å². The Bertz CT molecular complexity index is 918. The van der Waals surface area contributed by atoms with E-state index in [2.05, 4.69) is 5.32 Å². The smallest absolute Gasteiger partial charge is 0.304 e. The average Bonchev–Trinajstić information content (AvgIpc) is 2.70. The lowest BCUT2D eigenvalue weighted by Gasteiger charge is -2.26. The minimum absolute atomic E-state index is 0.214. The number of benzene rings is 2. The predicted octanol–water partition coefficient (Wildman–Crippen LogP) is 2.20. The van der Waals surface area contributed by atoms with Gasteiger partial charge in [-0.15, -0.1) is 0 Å². The highest BCUT2D eigenvalue weighted by Crippen LogP contribution is 2.19. The van der Waals surface area contributed by atoms with Gasteiger partial charge in [-0.2, -0.15) is 12.7 Å². The van der Waals surface area contributed by atoms with Gasteiger partial charge in [0.05, 0.1) is 12.8 Å². The quantitative estimate of drug-likeness (QED) is 0.594. The van der Waals surface area contributed by atoms with Crippen LogP contribution >= 0.6 is 0 Å². The molecule has 0 aliphatic heterocycles. The number of anilines is 1. The first kappa shape index (κ1) is 22.6. The van der Waals surface area contributed by atoms with E-state index in [-0.39, 0.29) is 5.69 Å². The van der Waals surface area contributed by atoms with Crippen LogP contribution < -0.4 is 14.4 Å². The number of nitrogens with zero attached hydrogens (tertiary/aromatic N) is 2. The SMILES string of the molecule is COc1cccc(CCCNC(=O)CN(c2ccc(F)cc2)S(=O)(=O)N(C)C)c1.